The van der Waals surface area contributed by atoms with E-state index in [9.17, 15) is 18.3 Å². The van der Waals surface area contributed by atoms with Crippen LogP contribution in [-0.4, -0.2) is 30.0 Å². The molecule has 0 aliphatic heterocycles. The number of halogens is 1. The molecule has 31 heavy (non-hydrogen) atoms. The second kappa shape index (κ2) is 8.13. The fourth-order valence-electron chi connectivity index (χ4n) is 3.17. The molecule has 4 aromatic rings. The van der Waals surface area contributed by atoms with Crippen molar-refractivity contribution in [3.8, 4) is 5.75 Å². The standard InChI is InChI=1S/C23H17BrN2O4S/c1-14-10-12-16(13-11-14)31(29,30)26-21(22(27)15-6-3-2-4-7-15)20-23(28)19-17(24)8-5-9-18(19)25-20/h2-13,25,28H,1H3/b26-21+. The first-order valence-electron chi connectivity index (χ1n) is 9.29. The Balaban J connectivity index is 1.96. The molecule has 3 aromatic carbocycles. The normalized spacial score (nSPS) is 12.3. The minimum absolute atomic E-state index is 0.0479. The van der Waals surface area contributed by atoms with Crippen LogP contribution in [0.4, 0.5) is 0 Å². The van der Waals surface area contributed by atoms with E-state index in [1.165, 1.54) is 12.1 Å². The average molecular weight is 497 g/mol. The average Bonchev–Trinajstić information content (AvgIpc) is 3.10. The second-order valence-electron chi connectivity index (χ2n) is 6.93. The summed E-state index contributed by atoms with van der Waals surface area (Å²) >= 11 is 3.37. The largest absolute Gasteiger partial charge is 0.505 e. The molecule has 0 radical (unpaired) electrons. The molecule has 0 fully saturated rings. The Hall–Kier alpha value is -3.23. The van der Waals surface area contributed by atoms with E-state index in [0.29, 0.717) is 15.4 Å². The second-order valence-corrected chi connectivity index (χ2v) is 9.39. The number of Topliss-reactive ketones (excluding diaryl/α,β-unsaturated/α-hetero) is 1. The highest BCUT2D eigenvalue weighted by atomic mass is 79.9. The lowest BCUT2D eigenvalue weighted by Gasteiger charge is -2.07. The van der Waals surface area contributed by atoms with Crippen LogP contribution in [0.1, 0.15) is 21.6 Å². The van der Waals surface area contributed by atoms with Crippen LogP contribution in [0, 0.1) is 6.92 Å². The van der Waals surface area contributed by atoms with Crippen LogP contribution in [0.5, 0.6) is 5.75 Å². The number of rotatable bonds is 5. The van der Waals surface area contributed by atoms with Crippen LogP contribution in [0.2, 0.25) is 0 Å². The van der Waals surface area contributed by atoms with Crippen molar-refractivity contribution in [1.29, 1.82) is 0 Å². The highest BCUT2D eigenvalue weighted by Crippen LogP contribution is 2.35. The SMILES string of the molecule is Cc1ccc(S(=O)(=O)/N=C(/C(=O)c2ccccc2)c2[nH]c3cccc(Br)c3c2O)cc1. The summed E-state index contributed by atoms with van der Waals surface area (Å²) in [6.45, 7) is 1.84. The topological polar surface area (TPSA) is 99.6 Å². The van der Waals surface area contributed by atoms with Gasteiger partial charge in [-0.15, -0.1) is 0 Å². The van der Waals surface area contributed by atoms with Crippen LogP contribution in [0.15, 0.2) is 86.6 Å². The third-order valence-electron chi connectivity index (χ3n) is 4.77. The number of fused-ring (bicyclic) bond motifs is 1. The number of hydrogen-bond acceptors (Lipinski definition) is 4. The Morgan fingerprint density at radius 3 is 2.29 bits per heavy atom. The highest BCUT2D eigenvalue weighted by Gasteiger charge is 2.27. The number of aromatic nitrogens is 1. The third kappa shape index (κ3) is 4.04. The van der Waals surface area contributed by atoms with Crippen LogP contribution in [-0.2, 0) is 10.0 Å². The van der Waals surface area contributed by atoms with E-state index in [-0.39, 0.29) is 21.9 Å². The smallest absolute Gasteiger partial charge is 0.283 e. The minimum atomic E-state index is -4.22. The van der Waals surface area contributed by atoms with Gasteiger partial charge in [-0.25, -0.2) is 0 Å². The molecule has 0 spiro atoms. The van der Waals surface area contributed by atoms with Gasteiger partial charge in [0.05, 0.1) is 15.8 Å². The fraction of sp³-hybridized carbons (Fsp3) is 0.0435. The van der Waals surface area contributed by atoms with Crippen LogP contribution in [0.3, 0.4) is 0 Å². The van der Waals surface area contributed by atoms with Crippen LogP contribution < -0.4 is 0 Å². The van der Waals surface area contributed by atoms with Gasteiger partial charge >= 0.3 is 0 Å². The Kier molecular flexibility index (Phi) is 5.51. The number of nitrogens with one attached hydrogen (secondary N) is 1. The number of nitrogens with zero attached hydrogens (tertiary/aromatic N) is 1. The maximum atomic E-state index is 13.3. The zero-order valence-electron chi connectivity index (χ0n) is 16.3. The molecule has 0 aliphatic rings. The Morgan fingerprint density at radius 2 is 1.65 bits per heavy atom. The Bertz CT molecular complexity index is 1420. The molecule has 0 bridgehead atoms. The molecule has 2 N–H and O–H groups in total. The minimum Gasteiger partial charge on any atom is -0.505 e. The summed E-state index contributed by atoms with van der Waals surface area (Å²) in [4.78, 5) is 16.2. The van der Waals surface area contributed by atoms with E-state index in [2.05, 4.69) is 25.3 Å². The number of carbonyl (C=O) groups is 1. The molecule has 0 saturated carbocycles. The quantitative estimate of drug-likeness (QED) is 0.299. The maximum absolute atomic E-state index is 13.3. The van der Waals surface area contributed by atoms with Crippen LogP contribution >= 0.6 is 15.9 Å². The molecule has 8 heteroatoms. The van der Waals surface area contributed by atoms with Gasteiger partial charge in [0, 0.05) is 10.0 Å². The molecule has 0 unspecified atom stereocenters. The molecular formula is C23H17BrN2O4S. The summed E-state index contributed by atoms with van der Waals surface area (Å²) in [5.74, 6) is -0.890. The van der Waals surface area contributed by atoms with E-state index in [4.69, 9.17) is 0 Å². The molecule has 4 rings (SSSR count). The number of aromatic hydroxyl groups is 1. The molecule has 1 heterocycles. The summed E-state index contributed by atoms with van der Waals surface area (Å²) in [5.41, 5.74) is 1.21. The van der Waals surface area contributed by atoms with E-state index in [0.717, 1.165) is 5.56 Å². The van der Waals surface area contributed by atoms with E-state index < -0.39 is 21.5 Å². The van der Waals surface area contributed by atoms with E-state index >= 15 is 0 Å². The lowest BCUT2D eigenvalue weighted by atomic mass is 10.0. The predicted molar refractivity (Wildman–Crippen MR) is 123 cm³/mol. The molecule has 1 aromatic heterocycles. The lowest BCUT2D eigenvalue weighted by Crippen LogP contribution is -2.19. The number of benzene rings is 3. The highest BCUT2D eigenvalue weighted by molar-refractivity contribution is 9.10. The predicted octanol–water partition coefficient (Wildman–Crippen LogP) is 5.01. The van der Waals surface area contributed by atoms with Gasteiger partial charge in [0.25, 0.3) is 10.0 Å². The summed E-state index contributed by atoms with van der Waals surface area (Å²) in [7, 11) is -4.22. The first-order chi connectivity index (χ1) is 14.8. The summed E-state index contributed by atoms with van der Waals surface area (Å²) < 4.78 is 30.5. The molecule has 0 aliphatic carbocycles. The summed E-state index contributed by atoms with van der Waals surface area (Å²) in [6.07, 6.45) is 0. The Morgan fingerprint density at radius 1 is 0.968 bits per heavy atom. The van der Waals surface area contributed by atoms with Gasteiger partial charge in [-0.1, -0.05) is 54.1 Å². The molecule has 0 saturated heterocycles. The van der Waals surface area contributed by atoms with E-state index in [1.54, 1.807) is 60.7 Å². The number of ketones is 1. The van der Waals surface area contributed by atoms with Gasteiger partial charge in [-0.3, -0.25) is 4.79 Å². The zero-order chi connectivity index (χ0) is 22.2. The van der Waals surface area contributed by atoms with Crippen molar-refractivity contribution >= 4 is 48.4 Å². The number of carbonyl (C=O) groups excluding carboxylic acids is 1. The van der Waals surface area contributed by atoms with Gasteiger partial charge in [-0.05, 0) is 47.1 Å². The first kappa shape index (κ1) is 21.0. The number of sulfonamides is 1. The number of aromatic amines is 1. The third-order valence-corrected chi connectivity index (χ3v) is 6.72. The summed E-state index contributed by atoms with van der Waals surface area (Å²) in [6, 6.07) is 19.6. The van der Waals surface area contributed by atoms with Crippen molar-refractivity contribution < 1.29 is 18.3 Å². The van der Waals surface area contributed by atoms with E-state index in [1.807, 2.05) is 6.92 Å². The Labute approximate surface area is 187 Å². The maximum Gasteiger partial charge on any atom is 0.283 e. The lowest BCUT2D eigenvalue weighted by molar-refractivity contribution is 0.106. The number of H-pyrrole nitrogens is 1. The molecule has 0 atom stereocenters. The van der Waals surface area contributed by atoms with Gasteiger partial charge < -0.3 is 10.1 Å². The molecule has 6 nitrogen and oxygen atoms in total. The zero-order valence-corrected chi connectivity index (χ0v) is 18.7. The van der Waals surface area contributed by atoms with Gasteiger partial charge in [-0.2, -0.15) is 12.8 Å². The van der Waals surface area contributed by atoms with Crippen molar-refractivity contribution in [2.75, 3.05) is 0 Å². The monoisotopic (exact) mass is 496 g/mol. The molecule has 156 valence electrons. The number of hydrogen-bond donors (Lipinski definition) is 2. The summed E-state index contributed by atoms with van der Waals surface area (Å²) in [5, 5.41) is 11.3. The van der Waals surface area contributed by atoms with Gasteiger partial charge in [0.1, 0.15) is 5.69 Å². The van der Waals surface area contributed by atoms with Crippen molar-refractivity contribution in [3.63, 3.8) is 0 Å². The number of aryl methyl sites for hydroxylation is 1. The van der Waals surface area contributed by atoms with Crippen LogP contribution in [0.25, 0.3) is 10.9 Å². The van der Waals surface area contributed by atoms with Gasteiger partial charge in [0.2, 0.25) is 5.78 Å². The van der Waals surface area contributed by atoms with Crippen molar-refractivity contribution in [1.82, 2.24) is 4.98 Å². The van der Waals surface area contributed by atoms with Crippen molar-refractivity contribution in [2.24, 2.45) is 4.40 Å². The first-order valence-corrected chi connectivity index (χ1v) is 11.5. The van der Waals surface area contributed by atoms with Crippen molar-refractivity contribution in [3.05, 3.63) is 94.1 Å². The molecular weight excluding hydrogens is 480 g/mol. The fourth-order valence-corrected chi connectivity index (χ4v) is 4.72. The molecule has 0 amide bonds. The van der Waals surface area contributed by atoms with Gasteiger partial charge in [0.15, 0.2) is 11.5 Å². The van der Waals surface area contributed by atoms with Crippen molar-refractivity contribution in [2.45, 2.75) is 11.8 Å².